The molecule has 0 aliphatic heterocycles. The van der Waals surface area contributed by atoms with E-state index in [9.17, 15) is 4.79 Å². The number of rotatable bonds is 2. The quantitative estimate of drug-likeness (QED) is 0.514. The van der Waals surface area contributed by atoms with Crippen LogP contribution in [0.4, 0.5) is 0 Å². The lowest BCUT2D eigenvalue weighted by Gasteiger charge is -2.31. The third-order valence-corrected chi connectivity index (χ3v) is 4.20. The zero-order chi connectivity index (χ0) is 14.9. The lowest BCUT2D eigenvalue weighted by molar-refractivity contribution is 0.0588. The molecular weight excluding hydrogens is 292 g/mol. The predicted octanol–water partition coefficient (Wildman–Crippen LogP) is 4.18. The molecule has 0 saturated carbocycles. The average Bonchev–Trinajstić information content (AvgIpc) is 2.85. The summed E-state index contributed by atoms with van der Waals surface area (Å²) in [5, 5.41) is 3.76. The maximum atomic E-state index is 12.5. The van der Waals surface area contributed by atoms with Crippen molar-refractivity contribution in [2.24, 2.45) is 5.84 Å². The molecule has 2 N–H and O–H groups in total. The second-order valence-electron chi connectivity index (χ2n) is 5.49. The Balaban J connectivity index is 2.45. The fourth-order valence-electron chi connectivity index (χ4n) is 1.78. The van der Waals surface area contributed by atoms with Crippen molar-refractivity contribution in [2.45, 2.75) is 26.3 Å². The molecule has 20 heavy (non-hydrogen) atoms. The first-order chi connectivity index (χ1) is 9.32. The summed E-state index contributed by atoms with van der Waals surface area (Å²) in [6.07, 6.45) is 0. The minimum absolute atomic E-state index is 0.192. The molecule has 0 radical (unpaired) electrons. The van der Waals surface area contributed by atoms with Crippen LogP contribution in [-0.2, 0) is 0 Å². The Morgan fingerprint density at radius 2 is 1.85 bits per heavy atom. The van der Waals surface area contributed by atoms with E-state index in [0.29, 0.717) is 9.90 Å². The van der Waals surface area contributed by atoms with Crippen molar-refractivity contribution in [1.29, 1.82) is 0 Å². The third-order valence-electron chi connectivity index (χ3n) is 2.97. The van der Waals surface area contributed by atoms with E-state index in [1.807, 2.05) is 56.5 Å². The zero-order valence-electron chi connectivity index (χ0n) is 11.7. The molecule has 106 valence electrons. The van der Waals surface area contributed by atoms with Gasteiger partial charge in [-0.15, -0.1) is 11.3 Å². The fourth-order valence-corrected chi connectivity index (χ4v) is 2.86. The number of thiophene rings is 1. The Hall–Kier alpha value is -1.36. The third kappa shape index (κ3) is 2.87. The molecule has 1 aromatic heterocycles. The number of hydrogen-bond donors (Lipinski definition) is 1. The van der Waals surface area contributed by atoms with E-state index in [1.165, 1.54) is 16.3 Å². The molecular formula is C15H17ClN2OS. The minimum atomic E-state index is -0.432. The zero-order valence-corrected chi connectivity index (χ0v) is 13.3. The highest BCUT2D eigenvalue weighted by atomic mass is 35.5. The summed E-state index contributed by atoms with van der Waals surface area (Å²) in [6, 6.07) is 9.38. The molecule has 2 rings (SSSR count). The summed E-state index contributed by atoms with van der Waals surface area (Å²) in [6.45, 7) is 5.69. The number of benzene rings is 1. The van der Waals surface area contributed by atoms with Gasteiger partial charge in [-0.2, -0.15) is 0 Å². The van der Waals surface area contributed by atoms with E-state index in [0.717, 1.165) is 11.1 Å². The molecule has 0 saturated heterocycles. The molecule has 0 fully saturated rings. The lowest BCUT2D eigenvalue weighted by Crippen LogP contribution is -2.50. The summed E-state index contributed by atoms with van der Waals surface area (Å²) in [5.41, 5.74) is 1.24. The van der Waals surface area contributed by atoms with Gasteiger partial charge in [0.1, 0.15) is 4.88 Å². The Morgan fingerprint density at radius 3 is 2.45 bits per heavy atom. The van der Waals surface area contributed by atoms with Crippen molar-refractivity contribution >= 4 is 28.8 Å². The van der Waals surface area contributed by atoms with Gasteiger partial charge >= 0.3 is 0 Å². The smallest absolute Gasteiger partial charge is 0.271 e. The van der Waals surface area contributed by atoms with Crippen molar-refractivity contribution in [3.63, 3.8) is 0 Å². The molecule has 1 amide bonds. The molecule has 0 aliphatic carbocycles. The van der Waals surface area contributed by atoms with Crippen LogP contribution in [-0.4, -0.2) is 16.5 Å². The Bertz CT molecular complexity index is 631. The molecule has 2 aromatic rings. The van der Waals surface area contributed by atoms with Crippen LogP contribution in [0.5, 0.6) is 0 Å². The second-order valence-corrected chi connectivity index (χ2v) is 6.81. The number of amides is 1. The molecule has 0 atom stereocenters. The van der Waals surface area contributed by atoms with Crippen molar-refractivity contribution in [3.05, 3.63) is 45.6 Å². The van der Waals surface area contributed by atoms with Crippen molar-refractivity contribution in [1.82, 2.24) is 5.01 Å². The molecule has 0 aliphatic rings. The molecule has 1 heterocycles. The average molecular weight is 309 g/mol. The molecule has 3 nitrogen and oxygen atoms in total. The van der Waals surface area contributed by atoms with Gasteiger partial charge < -0.3 is 0 Å². The summed E-state index contributed by atoms with van der Waals surface area (Å²) in [5.74, 6) is 5.74. The topological polar surface area (TPSA) is 46.3 Å². The van der Waals surface area contributed by atoms with Crippen LogP contribution in [0.3, 0.4) is 0 Å². The van der Waals surface area contributed by atoms with Gasteiger partial charge in [-0.05, 0) is 38.3 Å². The largest absolute Gasteiger partial charge is 0.278 e. The number of carbonyl (C=O) groups excluding carboxylic acids is 1. The normalized spacial score (nSPS) is 11.4. The van der Waals surface area contributed by atoms with E-state index >= 15 is 0 Å². The Labute approximate surface area is 127 Å². The second kappa shape index (κ2) is 5.56. The van der Waals surface area contributed by atoms with Crippen LogP contribution in [0.15, 0.2) is 35.7 Å². The first kappa shape index (κ1) is 15.0. The van der Waals surface area contributed by atoms with Gasteiger partial charge in [0.05, 0.1) is 5.54 Å². The summed E-state index contributed by atoms with van der Waals surface area (Å²) in [4.78, 5) is 13.1. The monoisotopic (exact) mass is 308 g/mol. The van der Waals surface area contributed by atoms with E-state index in [2.05, 4.69) is 0 Å². The van der Waals surface area contributed by atoms with Gasteiger partial charge in [-0.1, -0.05) is 29.8 Å². The van der Waals surface area contributed by atoms with Gasteiger partial charge in [0.2, 0.25) is 0 Å². The Morgan fingerprint density at radius 1 is 1.20 bits per heavy atom. The van der Waals surface area contributed by atoms with Gasteiger partial charge in [0, 0.05) is 16.1 Å². The van der Waals surface area contributed by atoms with E-state index in [1.54, 1.807) is 0 Å². The molecule has 0 bridgehead atoms. The van der Waals surface area contributed by atoms with Crippen LogP contribution in [0.1, 0.15) is 30.4 Å². The number of carbonyl (C=O) groups is 1. The highest BCUT2D eigenvalue weighted by Crippen LogP contribution is 2.34. The van der Waals surface area contributed by atoms with Crippen molar-refractivity contribution < 1.29 is 4.79 Å². The number of halogens is 1. The van der Waals surface area contributed by atoms with Gasteiger partial charge in [-0.3, -0.25) is 9.80 Å². The minimum Gasteiger partial charge on any atom is -0.271 e. The summed E-state index contributed by atoms with van der Waals surface area (Å²) < 4.78 is 0. The van der Waals surface area contributed by atoms with Crippen LogP contribution in [0, 0.1) is 0 Å². The van der Waals surface area contributed by atoms with Crippen LogP contribution in [0.2, 0.25) is 5.02 Å². The standard InChI is InChI=1S/C15H17ClN2OS/c1-15(2,3)18(17)14(19)13-11(8-9-20-13)10-6-4-5-7-12(10)16/h4-9H,17H2,1-3H3. The van der Waals surface area contributed by atoms with E-state index in [4.69, 9.17) is 17.4 Å². The summed E-state index contributed by atoms with van der Waals surface area (Å²) in [7, 11) is 0. The van der Waals surface area contributed by atoms with Gasteiger partial charge in [0.15, 0.2) is 0 Å². The van der Waals surface area contributed by atoms with Crippen LogP contribution < -0.4 is 5.84 Å². The predicted molar refractivity (Wildman–Crippen MR) is 84.9 cm³/mol. The SMILES string of the molecule is CC(C)(C)N(N)C(=O)c1sccc1-c1ccccc1Cl. The lowest BCUT2D eigenvalue weighted by atomic mass is 10.0. The number of nitrogens with zero attached hydrogens (tertiary/aromatic N) is 1. The van der Waals surface area contributed by atoms with E-state index < -0.39 is 5.54 Å². The molecule has 5 heteroatoms. The number of hydrogen-bond acceptors (Lipinski definition) is 3. The fraction of sp³-hybridized carbons (Fsp3) is 0.267. The molecule has 0 spiro atoms. The van der Waals surface area contributed by atoms with Gasteiger partial charge in [0.25, 0.3) is 5.91 Å². The van der Waals surface area contributed by atoms with Crippen LogP contribution >= 0.6 is 22.9 Å². The first-order valence-electron chi connectivity index (χ1n) is 6.24. The van der Waals surface area contributed by atoms with Crippen molar-refractivity contribution in [2.75, 3.05) is 0 Å². The molecule has 1 aromatic carbocycles. The number of hydrazine groups is 1. The molecule has 0 unspecified atom stereocenters. The highest BCUT2D eigenvalue weighted by Gasteiger charge is 2.27. The van der Waals surface area contributed by atoms with Gasteiger partial charge in [-0.25, -0.2) is 5.84 Å². The summed E-state index contributed by atoms with van der Waals surface area (Å²) >= 11 is 7.59. The Kier molecular flexibility index (Phi) is 4.18. The number of nitrogens with two attached hydrogens (primary N) is 1. The van der Waals surface area contributed by atoms with Crippen molar-refractivity contribution in [3.8, 4) is 11.1 Å². The maximum absolute atomic E-state index is 12.5. The van der Waals surface area contributed by atoms with E-state index in [-0.39, 0.29) is 5.91 Å². The highest BCUT2D eigenvalue weighted by molar-refractivity contribution is 7.12. The van der Waals surface area contributed by atoms with Crippen LogP contribution in [0.25, 0.3) is 11.1 Å². The maximum Gasteiger partial charge on any atom is 0.278 e. The first-order valence-corrected chi connectivity index (χ1v) is 7.50.